The van der Waals surface area contributed by atoms with Crippen molar-refractivity contribution in [3.63, 3.8) is 0 Å². The van der Waals surface area contributed by atoms with E-state index in [2.05, 4.69) is 15.9 Å². The van der Waals surface area contributed by atoms with Crippen LogP contribution >= 0.6 is 27.5 Å². The molecule has 0 fully saturated rings. The average molecular weight is 275 g/mol. The van der Waals surface area contributed by atoms with Crippen LogP contribution in [-0.4, -0.2) is 15.8 Å². The lowest BCUT2D eigenvalue weighted by Crippen LogP contribution is -2.05. The van der Waals surface area contributed by atoms with Crippen LogP contribution in [0.25, 0.3) is 10.9 Å². The zero-order valence-electron chi connectivity index (χ0n) is 6.87. The first-order valence-electron chi connectivity index (χ1n) is 3.79. The van der Waals surface area contributed by atoms with E-state index in [0.717, 1.165) is 14.4 Å². The Hall–Kier alpha value is -1.000. The maximum atomic E-state index is 10.8. The van der Waals surface area contributed by atoms with Crippen molar-refractivity contribution >= 4 is 44.5 Å². The summed E-state index contributed by atoms with van der Waals surface area (Å²) in [6, 6.07) is 5.32. The summed E-state index contributed by atoms with van der Waals surface area (Å²) < 4.78 is 1.92. The molecule has 0 saturated carbocycles. The third-order valence-electron chi connectivity index (χ3n) is 1.93. The summed E-state index contributed by atoms with van der Waals surface area (Å²) in [6.07, 6.45) is 0.348. The van der Waals surface area contributed by atoms with Crippen LogP contribution in [0.5, 0.6) is 0 Å². The van der Waals surface area contributed by atoms with Gasteiger partial charge < -0.3 is 5.11 Å². The number of rotatable bonds is 0. The van der Waals surface area contributed by atoms with Gasteiger partial charge in [0.15, 0.2) is 0 Å². The van der Waals surface area contributed by atoms with Gasteiger partial charge in [-0.15, -0.1) is 0 Å². The van der Waals surface area contributed by atoms with E-state index >= 15 is 0 Å². The summed E-state index contributed by atoms with van der Waals surface area (Å²) in [5, 5.41) is 10.0. The monoisotopic (exact) mass is 273 g/mol. The van der Waals surface area contributed by atoms with Gasteiger partial charge in [-0.05, 0) is 12.1 Å². The van der Waals surface area contributed by atoms with E-state index in [-0.39, 0.29) is 0 Å². The number of nitrogens with zero attached hydrogens (tertiary/aromatic N) is 1. The van der Waals surface area contributed by atoms with Gasteiger partial charge in [0, 0.05) is 16.1 Å². The second-order valence-electron chi connectivity index (χ2n) is 2.79. The van der Waals surface area contributed by atoms with E-state index in [1.54, 1.807) is 12.1 Å². The SMILES string of the molecule is O=C(O)n1cc(Cl)c2ccc(Br)cc21. The maximum absolute atomic E-state index is 10.8. The third-order valence-corrected chi connectivity index (χ3v) is 2.72. The Kier molecular flexibility index (Phi) is 2.25. The summed E-state index contributed by atoms with van der Waals surface area (Å²) in [5.74, 6) is 0. The Morgan fingerprint density at radius 2 is 2.21 bits per heavy atom. The summed E-state index contributed by atoms with van der Waals surface area (Å²) in [7, 11) is 0. The molecule has 72 valence electrons. The summed E-state index contributed by atoms with van der Waals surface area (Å²) in [5.41, 5.74) is 0.580. The fraction of sp³-hybridized carbons (Fsp3) is 0. The molecule has 0 aliphatic rings. The van der Waals surface area contributed by atoms with Gasteiger partial charge in [-0.2, -0.15) is 0 Å². The molecule has 1 N–H and O–H groups in total. The molecular formula is C9H5BrClNO2. The summed E-state index contributed by atoms with van der Waals surface area (Å²) in [4.78, 5) is 10.8. The lowest BCUT2D eigenvalue weighted by atomic mass is 10.2. The van der Waals surface area contributed by atoms with Crippen LogP contribution in [0.2, 0.25) is 5.02 Å². The largest absolute Gasteiger partial charge is 0.464 e. The number of hydrogen-bond donors (Lipinski definition) is 1. The highest BCUT2D eigenvalue weighted by Crippen LogP contribution is 2.28. The Balaban J connectivity index is 2.85. The van der Waals surface area contributed by atoms with Gasteiger partial charge in [-0.3, -0.25) is 4.57 Å². The van der Waals surface area contributed by atoms with Gasteiger partial charge in [-0.1, -0.05) is 33.6 Å². The molecule has 0 unspecified atom stereocenters. The van der Waals surface area contributed by atoms with Crippen LogP contribution in [0.15, 0.2) is 28.9 Å². The number of carboxylic acid groups (broad SMARTS) is 1. The lowest BCUT2D eigenvalue weighted by molar-refractivity contribution is 0.197. The molecule has 0 spiro atoms. The van der Waals surface area contributed by atoms with E-state index in [9.17, 15) is 4.79 Å². The molecule has 0 bridgehead atoms. The van der Waals surface area contributed by atoms with Crippen molar-refractivity contribution in [2.24, 2.45) is 0 Å². The Labute approximate surface area is 93.0 Å². The number of carbonyl (C=O) groups is 1. The van der Waals surface area contributed by atoms with E-state index in [4.69, 9.17) is 16.7 Å². The zero-order chi connectivity index (χ0) is 10.3. The minimum absolute atomic E-state index is 0.440. The van der Waals surface area contributed by atoms with Crippen LogP contribution in [-0.2, 0) is 0 Å². The maximum Gasteiger partial charge on any atom is 0.416 e. The van der Waals surface area contributed by atoms with E-state index in [1.807, 2.05) is 6.07 Å². The normalized spacial score (nSPS) is 10.7. The molecule has 1 aromatic heterocycles. The molecule has 0 atom stereocenters. The van der Waals surface area contributed by atoms with Crippen molar-refractivity contribution in [3.05, 3.63) is 33.9 Å². The molecule has 1 aromatic carbocycles. The van der Waals surface area contributed by atoms with Crippen LogP contribution in [0, 0.1) is 0 Å². The minimum atomic E-state index is -1.04. The molecule has 1 heterocycles. The molecule has 2 rings (SSSR count). The van der Waals surface area contributed by atoms with E-state index < -0.39 is 6.09 Å². The zero-order valence-corrected chi connectivity index (χ0v) is 9.21. The predicted molar refractivity (Wildman–Crippen MR) is 58.1 cm³/mol. The molecule has 3 nitrogen and oxygen atoms in total. The van der Waals surface area contributed by atoms with Crippen molar-refractivity contribution < 1.29 is 9.90 Å². The van der Waals surface area contributed by atoms with Crippen molar-refractivity contribution in [1.82, 2.24) is 4.57 Å². The Bertz CT molecular complexity index is 521. The first-order valence-corrected chi connectivity index (χ1v) is 4.96. The van der Waals surface area contributed by atoms with Gasteiger partial charge in [0.1, 0.15) is 0 Å². The molecule has 0 aliphatic heterocycles. The summed E-state index contributed by atoms with van der Waals surface area (Å²) in [6.45, 7) is 0. The number of fused-ring (bicyclic) bond motifs is 1. The first-order chi connectivity index (χ1) is 6.59. The number of benzene rings is 1. The van der Waals surface area contributed by atoms with Crippen LogP contribution in [0.3, 0.4) is 0 Å². The second-order valence-corrected chi connectivity index (χ2v) is 4.11. The van der Waals surface area contributed by atoms with Crippen molar-refractivity contribution in [1.29, 1.82) is 0 Å². The van der Waals surface area contributed by atoms with Crippen molar-refractivity contribution in [2.45, 2.75) is 0 Å². The van der Waals surface area contributed by atoms with Crippen LogP contribution in [0.1, 0.15) is 0 Å². The molecule has 14 heavy (non-hydrogen) atoms. The first kappa shape index (κ1) is 9.55. The molecule has 2 aromatic rings. The van der Waals surface area contributed by atoms with Crippen molar-refractivity contribution in [2.75, 3.05) is 0 Å². The number of hydrogen-bond acceptors (Lipinski definition) is 1. The fourth-order valence-electron chi connectivity index (χ4n) is 1.32. The van der Waals surface area contributed by atoms with E-state index in [1.165, 1.54) is 6.20 Å². The van der Waals surface area contributed by atoms with Gasteiger partial charge in [-0.25, -0.2) is 4.79 Å². The predicted octanol–water partition coefficient (Wildman–Crippen LogP) is 3.58. The lowest BCUT2D eigenvalue weighted by Gasteiger charge is -1.97. The highest BCUT2D eigenvalue weighted by Gasteiger charge is 2.11. The topological polar surface area (TPSA) is 42.2 Å². The minimum Gasteiger partial charge on any atom is -0.464 e. The molecule has 0 aliphatic carbocycles. The van der Waals surface area contributed by atoms with Gasteiger partial charge in [0.2, 0.25) is 0 Å². The van der Waals surface area contributed by atoms with Crippen molar-refractivity contribution in [3.8, 4) is 0 Å². The molecular weight excluding hydrogens is 269 g/mol. The van der Waals surface area contributed by atoms with Crippen LogP contribution < -0.4 is 0 Å². The third kappa shape index (κ3) is 1.40. The Morgan fingerprint density at radius 3 is 2.86 bits per heavy atom. The van der Waals surface area contributed by atoms with E-state index in [0.29, 0.717) is 10.5 Å². The fourth-order valence-corrected chi connectivity index (χ4v) is 1.92. The average Bonchev–Trinajstić information content (AvgIpc) is 2.43. The quantitative estimate of drug-likeness (QED) is 0.798. The molecule has 0 saturated heterocycles. The smallest absolute Gasteiger partial charge is 0.416 e. The van der Waals surface area contributed by atoms with Crippen LogP contribution in [0.4, 0.5) is 4.79 Å². The number of aromatic nitrogens is 1. The van der Waals surface area contributed by atoms with Gasteiger partial charge >= 0.3 is 6.09 Å². The highest BCUT2D eigenvalue weighted by atomic mass is 79.9. The summed E-state index contributed by atoms with van der Waals surface area (Å²) >= 11 is 9.15. The van der Waals surface area contributed by atoms with Gasteiger partial charge in [0.05, 0.1) is 10.5 Å². The number of halogens is 2. The molecule has 0 amide bonds. The van der Waals surface area contributed by atoms with Gasteiger partial charge in [0.25, 0.3) is 0 Å². The second kappa shape index (κ2) is 3.29. The molecule has 0 radical (unpaired) electrons. The standard InChI is InChI=1S/C9H5BrClNO2/c10-5-1-2-6-7(11)4-12(9(13)14)8(6)3-5/h1-4H,(H,13,14). The highest BCUT2D eigenvalue weighted by molar-refractivity contribution is 9.10. The Morgan fingerprint density at radius 1 is 1.50 bits per heavy atom. The molecule has 5 heteroatoms.